The molecule has 2 nitrogen and oxygen atoms in total. The zero-order chi connectivity index (χ0) is 19.1. The van der Waals surface area contributed by atoms with Crippen LogP contribution in [0, 0.1) is 23.2 Å². The molecule has 1 spiro atoms. The van der Waals surface area contributed by atoms with Crippen LogP contribution in [0.5, 0.6) is 0 Å². The minimum absolute atomic E-state index is 0.0689. The van der Waals surface area contributed by atoms with E-state index in [-0.39, 0.29) is 5.60 Å². The predicted molar refractivity (Wildman–Crippen MR) is 111 cm³/mol. The van der Waals surface area contributed by atoms with Gasteiger partial charge in [-0.1, -0.05) is 41.0 Å². The molecule has 0 heterocycles. The molecule has 0 unspecified atom stereocenters. The maximum atomic E-state index is 6.56. The fraction of sp³-hybridized carbons (Fsp3) is 1.00. The molecule has 5 atom stereocenters. The largest absolute Gasteiger partial charge is 0.417 e. The normalized spacial score (nSPS) is 38.3. The molecule has 2 rings (SSSR count). The molecule has 0 radical (unpaired) electrons. The Balaban J connectivity index is 2.04. The van der Waals surface area contributed by atoms with Crippen LogP contribution in [0.25, 0.3) is 0 Å². The molecule has 0 aromatic heterocycles. The van der Waals surface area contributed by atoms with Gasteiger partial charge in [0.05, 0.1) is 5.60 Å². The average Bonchev–Trinajstić information content (AvgIpc) is 2.97. The summed E-state index contributed by atoms with van der Waals surface area (Å²) in [6, 6.07) is 0. The van der Waals surface area contributed by atoms with E-state index in [0.29, 0.717) is 16.4 Å². The van der Waals surface area contributed by atoms with Crippen molar-refractivity contribution >= 4 is 8.32 Å². The first-order valence-corrected chi connectivity index (χ1v) is 13.5. The summed E-state index contributed by atoms with van der Waals surface area (Å²) in [5, 5.41) is 0.302. The highest BCUT2D eigenvalue weighted by atomic mass is 28.4. The van der Waals surface area contributed by atoms with Crippen LogP contribution in [0.3, 0.4) is 0 Å². The molecule has 0 bridgehead atoms. The Morgan fingerprint density at radius 2 is 1.80 bits per heavy atom. The van der Waals surface area contributed by atoms with Crippen LogP contribution < -0.4 is 0 Å². The van der Waals surface area contributed by atoms with Crippen molar-refractivity contribution in [2.24, 2.45) is 23.2 Å². The summed E-state index contributed by atoms with van der Waals surface area (Å²) in [5.74, 6) is 2.23. The van der Waals surface area contributed by atoms with Crippen LogP contribution >= 0.6 is 0 Å². The second-order valence-electron chi connectivity index (χ2n) is 10.9. The minimum atomic E-state index is -1.64. The Bertz CT molecular complexity index is 455. The van der Waals surface area contributed by atoms with E-state index in [2.05, 4.69) is 54.6 Å². The van der Waals surface area contributed by atoms with E-state index in [1.807, 2.05) is 7.11 Å². The van der Waals surface area contributed by atoms with Crippen molar-refractivity contribution in [2.45, 2.75) is 104 Å². The number of rotatable bonds is 5. The third-order valence-corrected chi connectivity index (χ3v) is 13.1. The van der Waals surface area contributed by atoms with Gasteiger partial charge in [0, 0.05) is 19.1 Å². The first-order valence-electron chi connectivity index (χ1n) is 10.6. The Morgan fingerprint density at radius 1 is 1.16 bits per heavy atom. The first kappa shape index (κ1) is 21.4. The lowest BCUT2D eigenvalue weighted by Gasteiger charge is -2.53. The van der Waals surface area contributed by atoms with Crippen molar-refractivity contribution in [1.82, 2.24) is 0 Å². The zero-order valence-corrected chi connectivity index (χ0v) is 19.5. The molecule has 25 heavy (non-hydrogen) atoms. The van der Waals surface area contributed by atoms with Gasteiger partial charge < -0.3 is 9.16 Å². The van der Waals surface area contributed by atoms with Crippen molar-refractivity contribution in [3.05, 3.63) is 0 Å². The van der Waals surface area contributed by atoms with Gasteiger partial charge in [0.25, 0.3) is 0 Å². The molecule has 0 aliphatic heterocycles. The molecule has 0 aromatic rings. The summed E-state index contributed by atoms with van der Waals surface area (Å²) >= 11 is 0. The highest BCUT2D eigenvalue weighted by Gasteiger charge is 2.57. The second-order valence-corrected chi connectivity index (χ2v) is 15.7. The third kappa shape index (κ3) is 3.89. The maximum Gasteiger partial charge on any atom is 0.191 e. The summed E-state index contributed by atoms with van der Waals surface area (Å²) in [7, 11) is 0.301. The predicted octanol–water partition coefficient (Wildman–Crippen LogP) is 6.66. The molecular weight excluding hydrogens is 324 g/mol. The van der Waals surface area contributed by atoms with E-state index in [1.54, 1.807) is 0 Å². The molecule has 148 valence electrons. The number of hydrogen-bond donors (Lipinski definition) is 0. The summed E-state index contributed by atoms with van der Waals surface area (Å²) in [4.78, 5) is 0. The van der Waals surface area contributed by atoms with Crippen molar-refractivity contribution in [1.29, 1.82) is 0 Å². The van der Waals surface area contributed by atoms with Gasteiger partial charge in [-0.25, -0.2) is 0 Å². The quantitative estimate of drug-likeness (QED) is 0.505. The molecule has 3 heteroatoms. The van der Waals surface area contributed by atoms with Crippen molar-refractivity contribution in [2.75, 3.05) is 13.7 Å². The Hall–Kier alpha value is 0.137. The van der Waals surface area contributed by atoms with E-state index in [9.17, 15) is 0 Å². The van der Waals surface area contributed by atoms with E-state index in [1.165, 1.54) is 38.5 Å². The molecule has 2 saturated carbocycles. The molecule has 0 saturated heterocycles. The molecule has 2 aliphatic carbocycles. The fourth-order valence-corrected chi connectivity index (χ4v) is 6.43. The molecular formula is C22H44O2Si. The SMILES string of the molecule is CO[C@@]1(C)CCC[C@H](C)[C@]12CC[C@@H]([C@H](C)CO[Si](C)(C)C(C)(C)C)C2. The van der Waals surface area contributed by atoms with Gasteiger partial charge in [-0.3, -0.25) is 0 Å². The van der Waals surface area contributed by atoms with Gasteiger partial charge in [0.15, 0.2) is 8.32 Å². The van der Waals surface area contributed by atoms with Crippen LogP contribution in [0.2, 0.25) is 18.1 Å². The van der Waals surface area contributed by atoms with E-state index < -0.39 is 8.32 Å². The van der Waals surface area contributed by atoms with Gasteiger partial charge in [0.2, 0.25) is 0 Å². The summed E-state index contributed by atoms with van der Waals surface area (Å²) in [6.07, 6.45) is 7.96. The molecule has 0 aromatic carbocycles. The molecule has 0 N–H and O–H groups in total. The number of methoxy groups -OCH3 is 1. The number of ether oxygens (including phenoxy) is 1. The Kier molecular flexibility index (Phi) is 6.24. The Morgan fingerprint density at radius 3 is 2.36 bits per heavy atom. The smallest absolute Gasteiger partial charge is 0.191 e. The minimum Gasteiger partial charge on any atom is -0.417 e. The van der Waals surface area contributed by atoms with Crippen LogP contribution in [-0.2, 0) is 9.16 Å². The lowest BCUT2D eigenvalue weighted by atomic mass is 9.57. The van der Waals surface area contributed by atoms with E-state index >= 15 is 0 Å². The monoisotopic (exact) mass is 368 g/mol. The van der Waals surface area contributed by atoms with Gasteiger partial charge >= 0.3 is 0 Å². The molecule has 2 aliphatic rings. The topological polar surface area (TPSA) is 18.5 Å². The fourth-order valence-electron chi connectivity index (χ4n) is 5.32. The highest BCUT2D eigenvalue weighted by molar-refractivity contribution is 6.74. The third-order valence-electron chi connectivity index (χ3n) is 8.64. The molecule has 2 fully saturated rings. The summed E-state index contributed by atoms with van der Waals surface area (Å²) in [6.45, 7) is 20.0. The first-order chi connectivity index (χ1) is 11.4. The highest BCUT2D eigenvalue weighted by Crippen LogP contribution is 2.61. The maximum absolute atomic E-state index is 6.56. The standard InChI is InChI=1S/C22H44O2Si/c1-17(16-24-25(8,9)20(3,4)5)19-12-14-22(15-19)18(2)11-10-13-21(22,6)23-7/h17-19H,10-16H2,1-9H3/t17-,18+,19-,21+,22-/m1/s1. The van der Waals surface area contributed by atoms with Gasteiger partial charge in [0.1, 0.15) is 0 Å². The van der Waals surface area contributed by atoms with Crippen LogP contribution in [0.4, 0.5) is 0 Å². The Labute approximate surface area is 158 Å². The van der Waals surface area contributed by atoms with Crippen molar-refractivity contribution in [3.63, 3.8) is 0 Å². The van der Waals surface area contributed by atoms with E-state index in [4.69, 9.17) is 9.16 Å². The van der Waals surface area contributed by atoms with Crippen LogP contribution in [-0.4, -0.2) is 27.6 Å². The van der Waals surface area contributed by atoms with Gasteiger partial charge in [-0.05, 0) is 74.9 Å². The lowest BCUT2D eigenvalue weighted by molar-refractivity contribution is -0.151. The summed E-state index contributed by atoms with van der Waals surface area (Å²) < 4.78 is 12.7. The average molecular weight is 369 g/mol. The van der Waals surface area contributed by atoms with Gasteiger partial charge in [-0.2, -0.15) is 0 Å². The van der Waals surface area contributed by atoms with E-state index in [0.717, 1.165) is 18.4 Å². The van der Waals surface area contributed by atoms with Gasteiger partial charge in [-0.15, -0.1) is 0 Å². The van der Waals surface area contributed by atoms with Crippen LogP contribution in [0.1, 0.15) is 80.1 Å². The molecule has 0 amide bonds. The van der Waals surface area contributed by atoms with Crippen molar-refractivity contribution < 1.29 is 9.16 Å². The second kappa shape index (κ2) is 7.28. The summed E-state index contributed by atoms with van der Waals surface area (Å²) in [5.41, 5.74) is 0.454. The number of hydrogen-bond acceptors (Lipinski definition) is 2. The van der Waals surface area contributed by atoms with Crippen LogP contribution in [0.15, 0.2) is 0 Å². The lowest BCUT2D eigenvalue weighted by Crippen LogP contribution is -2.52. The zero-order valence-electron chi connectivity index (χ0n) is 18.5. The van der Waals surface area contributed by atoms with Crippen molar-refractivity contribution in [3.8, 4) is 0 Å².